The number of fused-ring (bicyclic) bond motifs is 1. The predicted octanol–water partition coefficient (Wildman–Crippen LogP) is 2.65. The number of halogens is 1. The van der Waals surface area contributed by atoms with Crippen LogP contribution in [-0.4, -0.2) is 39.9 Å². The molecule has 2 aliphatic carbocycles. The van der Waals surface area contributed by atoms with Crippen molar-refractivity contribution < 1.29 is 0 Å². The van der Waals surface area contributed by atoms with Gasteiger partial charge in [0.1, 0.15) is 11.6 Å². The van der Waals surface area contributed by atoms with Gasteiger partial charge in [-0.1, -0.05) is 32.1 Å². The van der Waals surface area contributed by atoms with E-state index in [4.69, 9.17) is 0 Å². The zero-order valence-electron chi connectivity index (χ0n) is 15.4. The van der Waals surface area contributed by atoms with Gasteiger partial charge in [-0.3, -0.25) is 4.99 Å². The largest absolute Gasteiger partial charge is 0.353 e. The van der Waals surface area contributed by atoms with E-state index in [9.17, 15) is 0 Å². The minimum absolute atomic E-state index is 0. The van der Waals surface area contributed by atoms with Crippen molar-refractivity contribution in [1.82, 2.24) is 25.4 Å². The van der Waals surface area contributed by atoms with Gasteiger partial charge in [-0.05, 0) is 31.6 Å². The van der Waals surface area contributed by atoms with Gasteiger partial charge >= 0.3 is 0 Å². The van der Waals surface area contributed by atoms with Gasteiger partial charge in [0.05, 0.1) is 6.54 Å². The molecule has 3 atom stereocenters. The zero-order chi connectivity index (χ0) is 16.5. The number of aryl methyl sites for hydroxylation is 2. The summed E-state index contributed by atoms with van der Waals surface area (Å²) >= 11 is 0. The second-order valence-electron chi connectivity index (χ2n) is 7.76. The molecule has 2 N–H and O–H groups in total. The summed E-state index contributed by atoms with van der Waals surface area (Å²) in [7, 11) is 1.88. The highest BCUT2D eigenvalue weighted by Crippen LogP contribution is 2.44. The summed E-state index contributed by atoms with van der Waals surface area (Å²) in [5.74, 6) is 4.78. The Morgan fingerprint density at radius 2 is 1.96 bits per heavy atom. The number of aromatic nitrogens is 3. The Bertz CT molecular complexity index is 607. The van der Waals surface area contributed by atoms with Crippen LogP contribution in [0.5, 0.6) is 0 Å². The molecule has 0 bridgehead atoms. The number of nitrogens with zero attached hydrogens (tertiary/aromatic N) is 4. The van der Waals surface area contributed by atoms with E-state index in [1.54, 1.807) is 0 Å². The van der Waals surface area contributed by atoms with E-state index in [0.717, 1.165) is 48.8 Å². The molecule has 0 amide bonds. The van der Waals surface area contributed by atoms with Crippen LogP contribution in [0, 0.1) is 18.8 Å². The number of aliphatic imine (C=N–C) groups is 1. The van der Waals surface area contributed by atoms with Gasteiger partial charge in [-0.25, -0.2) is 9.67 Å². The monoisotopic (exact) mass is 458 g/mol. The van der Waals surface area contributed by atoms with Crippen molar-refractivity contribution in [3.8, 4) is 0 Å². The summed E-state index contributed by atoms with van der Waals surface area (Å²) in [6.45, 7) is 2.85. The minimum atomic E-state index is 0. The molecule has 1 aliphatic heterocycles. The fourth-order valence-electron chi connectivity index (χ4n) is 4.56. The number of nitrogens with one attached hydrogen (secondary N) is 2. The molecule has 3 aliphatic rings. The molecule has 0 saturated heterocycles. The van der Waals surface area contributed by atoms with E-state index in [-0.39, 0.29) is 24.0 Å². The van der Waals surface area contributed by atoms with Crippen molar-refractivity contribution in [2.75, 3.05) is 7.05 Å². The molecule has 1 aromatic rings. The van der Waals surface area contributed by atoms with Crippen LogP contribution in [0.2, 0.25) is 0 Å². The maximum absolute atomic E-state index is 4.49. The van der Waals surface area contributed by atoms with E-state index in [0.29, 0.717) is 12.1 Å². The zero-order valence-corrected chi connectivity index (χ0v) is 17.7. The van der Waals surface area contributed by atoms with Crippen molar-refractivity contribution in [2.45, 2.75) is 76.9 Å². The molecule has 3 unspecified atom stereocenters. The van der Waals surface area contributed by atoms with Crippen LogP contribution in [0.3, 0.4) is 0 Å². The van der Waals surface area contributed by atoms with Crippen LogP contribution in [0.15, 0.2) is 4.99 Å². The van der Waals surface area contributed by atoms with Crippen molar-refractivity contribution in [3.63, 3.8) is 0 Å². The Kier molecular flexibility index (Phi) is 6.22. The highest BCUT2D eigenvalue weighted by atomic mass is 127. The third kappa shape index (κ3) is 4.46. The molecule has 0 radical (unpaired) electrons. The third-order valence-corrected chi connectivity index (χ3v) is 5.95. The van der Waals surface area contributed by atoms with Crippen LogP contribution >= 0.6 is 24.0 Å². The quantitative estimate of drug-likeness (QED) is 0.415. The minimum Gasteiger partial charge on any atom is -0.353 e. The SMILES string of the molecule is CN=C(NC1CCc2nc(C)nn2C1)NC1CC1C1CCCCC1.I. The molecule has 6 nitrogen and oxygen atoms in total. The van der Waals surface area contributed by atoms with Gasteiger partial charge in [-0.15, -0.1) is 24.0 Å². The third-order valence-electron chi connectivity index (χ3n) is 5.95. The smallest absolute Gasteiger partial charge is 0.191 e. The normalized spacial score (nSPS) is 29.5. The summed E-state index contributed by atoms with van der Waals surface area (Å²) in [6, 6.07) is 1.02. The molecule has 2 fully saturated rings. The van der Waals surface area contributed by atoms with Gasteiger partial charge in [0.25, 0.3) is 0 Å². The van der Waals surface area contributed by atoms with Crippen molar-refractivity contribution in [1.29, 1.82) is 0 Å². The molecule has 140 valence electrons. The molecule has 4 rings (SSSR count). The van der Waals surface area contributed by atoms with Crippen LogP contribution in [0.4, 0.5) is 0 Å². The first-order valence-corrected chi connectivity index (χ1v) is 9.63. The van der Waals surface area contributed by atoms with Crippen molar-refractivity contribution >= 4 is 29.9 Å². The summed E-state index contributed by atoms with van der Waals surface area (Å²) < 4.78 is 2.05. The Morgan fingerprint density at radius 1 is 1.16 bits per heavy atom. The molecule has 1 aromatic heterocycles. The van der Waals surface area contributed by atoms with E-state index >= 15 is 0 Å². The van der Waals surface area contributed by atoms with E-state index in [1.807, 2.05) is 18.7 Å². The average molecular weight is 458 g/mol. The molecule has 2 heterocycles. The molecule has 7 heteroatoms. The highest BCUT2D eigenvalue weighted by Gasteiger charge is 2.43. The number of rotatable bonds is 3. The second-order valence-corrected chi connectivity index (χ2v) is 7.76. The maximum Gasteiger partial charge on any atom is 0.191 e. The van der Waals surface area contributed by atoms with Crippen molar-refractivity contribution in [3.05, 3.63) is 11.6 Å². The summed E-state index contributed by atoms with van der Waals surface area (Å²) in [5, 5.41) is 11.7. The van der Waals surface area contributed by atoms with Crippen LogP contribution in [-0.2, 0) is 13.0 Å². The van der Waals surface area contributed by atoms with Crippen molar-refractivity contribution in [2.24, 2.45) is 16.8 Å². The first-order chi connectivity index (χ1) is 11.7. The Balaban J connectivity index is 0.00000182. The van der Waals surface area contributed by atoms with Gasteiger partial charge in [0.15, 0.2) is 5.96 Å². The molecule has 0 aromatic carbocycles. The Hall–Kier alpha value is -0.860. The van der Waals surface area contributed by atoms with E-state index in [2.05, 4.69) is 25.7 Å². The lowest BCUT2D eigenvalue weighted by Gasteiger charge is -2.26. The number of guanidine groups is 1. The second kappa shape index (κ2) is 8.22. The molecule has 0 spiro atoms. The van der Waals surface area contributed by atoms with Crippen LogP contribution in [0.25, 0.3) is 0 Å². The Morgan fingerprint density at radius 3 is 2.72 bits per heavy atom. The van der Waals surface area contributed by atoms with Crippen LogP contribution in [0.1, 0.15) is 56.6 Å². The van der Waals surface area contributed by atoms with Gasteiger partial charge in [-0.2, -0.15) is 5.10 Å². The first-order valence-electron chi connectivity index (χ1n) is 9.63. The number of hydrogen-bond acceptors (Lipinski definition) is 3. The first kappa shape index (κ1) is 18.9. The summed E-state index contributed by atoms with van der Waals surface area (Å²) in [5.41, 5.74) is 0. The topological polar surface area (TPSA) is 67.1 Å². The molecular weight excluding hydrogens is 427 g/mol. The Labute approximate surface area is 167 Å². The van der Waals surface area contributed by atoms with Crippen LogP contribution < -0.4 is 10.6 Å². The molecule has 2 saturated carbocycles. The average Bonchev–Trinajstić information content (AvgIpc) is 3.26. The summed E-state index contributed by atoms with van der Waals surface area (Å²) in [6.07, 6.45) is 10.6. The van der Waals surface area contributed by atoms with Gasteiger partial charge in [0, 0.05) is 25.6 Å². The van der Waals surface area contributed by atoms with E-state index < -0.39 is 0 Å². The summed E-state index contributed by atoms with van der Waals surface area (Å²) in [4.78, 5) is 8.94. The lowest BCUT2D eigenvalue weighted by atomic mass is 9.85. The predicted molar refractivity (Wildman–Crippen MR) is 110 cm³/mol. The fourth-order valence-corrected chi connectivity index (χ4v) is 4.56. The lowest BCUT2D eigenvalue weighted by molar-refractivity contribution is 0.315. The van der Waals surface area contributed by atoms with E-state index in [1.165, 1.54) is 38.5 Å². The lowest BCUT2D eigenvalue weighted by Crippen LogP contribution is -2.48. The van der Waals surface area contributed by atoms with Gasteiger partial charge in [0.2, 0.25) is 0 Å². The maximum atomic E-state index is 4.49. The molecule has 25 heavy (non-hydrogen) atoms. The molecular formula is C18H31IN6. The standard InChI is InChI=1S/C18H30N6.HI/c1-12-20-17-9-8-14(11-24(17)23-12)21-18(19-2)22-16-10-15(16)13-6-4-3-5-7-13;/h13-16H,3-11H2,1-2H3,(H2,19,21,22);1H. The number of hydrogen-bond donors (Lipinski definition) is 2. The fraction of sp³-hybridized carbons (Fsp3) is 0.833. The van der Waals surface area contributed by atoms with Gasteiger partial charge < -0.3 is 10.6 Å². The highest BCUT2D eigenvalue weighted by molar-refractivity contribution is 14.0.